The minimum atomic E-state index is 0.0967. The van der Waals surface area contributed by atoms with Gasteiger partial charge < -0.3 is 5.11 Å². The van der Waals surface area contributed by atoms with Crippen LogP contribution in [0, 0.1) is 0 Å². The molecule has 0 spiro atoms. The van der Waals surface area contributed by atoms with Gasteiger partial charge in [0.25, 0.3) is 0 Å². The molecule has 1 N–H and O–H groups in total. The van der Waals surface area contributed by atoms with Gasteiger partial charge in [0, 0.05) is 18.0 Å². The van der Waals surface area contributed by atoms with E-state index in [0.29, 0.717) is 18.0 Å². The van der Waals surface area contributed by atoms with Crippen LogP contribution >= 0.6 is 0 Å². The van der Waals surface area contributed by atoms with Crippen LogP contribution in [0.5, 0.6) is 0 Å². The molecule has 2 nitrogen and oxygen atoms in total. The number of nitrogens with zero attached hydrogens (tertiary/aromatic N) is 1. The van der Waals surface area contributed by atoms with Crippen molar-refractivity contribution in [2.45, 2.75) is 58.7 Å². The van der Waals surface area contributed by atoms with Gasteiger partial charge in [0.1, 0.15) is 0 Å². The topological polar surface area (TPSA) is 23.5 Å². The van der Waals surface area contributed by atoms with Crippen molar-refractivity contribution in [2.75, 3.05) is 6.54 Å². The molecule has 0 radical (unpaired) electrons. The van der Waals surface area contributed by atoms with Gasteiger partial charge in [-0.3, -0.25) is 4.90 Å². The highest BCUT2D eigenvalue weighted by Crippen LogP contribution is 2.29. The highest BCUT2D eigenvalue weighted by molar-refractivity contribution is 5.34. The van der Waals surface area contributed by atoms with Gasteiger partial charge >= 0.3 is 0 Å². The Morgan fingerprint density at radius 3 is 2.04 bits per heavy atom. The fourth-order valence-electron chi connectivity index (χ4n) is 3.51. The van der Waals surface area contributed by atoms with E-state index >= 15 is 0 Å². The molecule has 0 aliphatic rings. The van der Waals surface area contributed by atoms with E-state index in [9.17, 15) is 5.11 Å². The minimum Gasteiger partial charge on any atom is -0.392 e. The molecule has 0 heterocycles. The first kappa shape index (κ1) is 18.7. The zero-order valence-corrected chi connectivity index (χ0v) is 15.4. The Labute approximate surface area is 147 Å². The summed E-state index contributed by atoms with van der Waals surface area (Å²) in [6.07, 6.45) is 1.08. The third-order valence-electron chi connectivity index (χ3n) is 4.74. The largest absolute Gasteiger partial charge is 0.392 e. The molecule has 0 amide bonds. The van der Waals surface area contributed by atoms with E-state index in [1.54, 1.807) is 0 Å². The van der Waals surface area contributed by atoms with Crippen molar-refractivity contribution in [2.24, 2.45) is 0 Å². The summed E-state index contributed by atoms with van der Waals surface area (Å²) < 4.78 is 0. The lowest BCUT2D eigenvalue weighted by Gasteiger charge is -2.32. The molecule has 24 heavy (non-hydrogen) atoms. The molecule has 130 valence electrons. The molecule has 0 saturated heterocycles. The molecule has 0 bridgehead atoms. The van der Waals surface area contributed by atoms with Crippen molar-refractivity contribution >= 4 is 0 Å². The summed E-state index contributed by atoms with van der Waals surface area (Å²) in [6, 6.07) is 20.2. The molecule has 0 fully saturated rings. The van der Waals surface area contributed by atoms with Crippen LogP contribution in [-0.2, 0) is 6.61 Å². The highest BCUT2D eigenvalue weighted by Gasteiger charge is 2.19. The predicted octanol–water partition coefficient (Wildman–Crippen LogP) is 4.82. The lowest BCUT2D eigenvalue weighted by atomic mass is 9.87. The third kappa shape index (κ3) is 4.93. The summed E-state index contributed by atoms with van der Waals surface area (Å²) in [7, 11) is 0. The van der Waals surface area contributed by atoms with Gasteiger partial charge in [0.15, 0.2) is 0 Å². The molecule has 1 atom stereocenters. The van der Waals surface area contributed by atoms with Crippen LogP contribution in [0.1, 0.15) is 56.7 Å². The fraction of sp³-hybridized carbons (Fsp3) is 0.455. The summed E-state index contributed by atoms with van der Waals surface area (Å²) >= 11 is 0. The summed E-state index contributed by atoms with van der Waals surface area (Å²) in [5.74, 6) is 0.359. The van der Waals surface area contributed by atoms with Crippen molar-refractivity contribution in [3.63, 3.8) is 0 Å². The zero-order chi connectivity index (χ0) is 17.5. The molecule has 0 aromatic heterocycles. The van der Waals surface area contributed by atoms with Gasteiger partial charge in [-0.1, -0.05) is 54.6 Å². The Bertz CT molecular complexity index is 598. The van der Waals surface area contributed by atoms with E-state index in [1.165, 1.54) is 11.1 Å². The average molecular weight is 325 g/mol. The van der Waals surface area contributed by atoms with Crippen LogP contribution < -0.4 is 0 Å². The second-order valence-corrected chi connectivity index (χ2v) is 7.08. The number of hydrogen-bond donors (Lipinski definition) is 1. The number of aliphatic hydroxyl groups is 1. The second kappa shape index (κ2) is 9.00. The number of hydrogen-bond acceptors (Lipinski definition) is 2. The highest BCUT2D eigenvalue weighted by atomic mass is 16.3. The van der Waals surface area contributed by atoms with Crippen molar-refractivity contribution in [1.82, 2.24) is 4.90 Å². The van der Waals surface area contributed by atoms with E-state index in [4.69, 9.17) is 0 Å². The van der Waals surface area contributed by atoms with Crippen LogP contribution in [0.15, 0.2) is 54.6 Å². The first-order valence-electron chi connectivity index (χ1n) is 9.03. The summed E-state index contributed by atoms with van der Waals surface area (Å²) in [4.78, 5) is 2.55. The standard InChI is InChI=1S/C22H31NO/c1-17(2)23(18(3)4)14-13-22(20-10-6-5-7-11-20)21-12-8-9-19(15-21)16-24/h5-12,15,17-18,22,24H,13-14,16H2,1-4H3/t22-/m1/s1. The van der Waals surface area contributed by atoms with Crippen LogP contribution in [0.3, 0.4) is 0 Å². The van der Waals surface area contributed by atoms with E-state index in [1.807, 2.05) is 6.07 Å². The van der Waals surface area contributed by atoms with Crippen LogP contribution in [-0.4, -0.2) is 28.6 Å². The van der Waals surface area contributed by atoms with Gasteiger partial charge in [0.05, 0.1) is 6.61 Å². The second-order valence-electron chi connectivity index (χ2n) is 7.08. The predicted molar refractivity (Wildman–Crippen MR) is 102 cm³/mol. The van der Waals surface area contributed by atoms with Gasteiger partial charge in [-0.25, -0.2) is 0 Å². The van der Waals surface area contributed by atoms with Gasteiger partial charge in [-0.2, -0.15) is 0 Å². The van der Waals surface area contributed by atoms with Crippen molar-refractivity contribution in [3.8, 4) is 0 Å². The normalized spacial score (nSPS) is 13.0. The molecular formula is C22H31NO. The summed E-state index contributed by atoms with van der Waals surface area (Å²) in [5, 5.41) is 9.47. The Kier molecular flexibility index (Phi) is 7.01. The number of aliphatic hydroxyl groups excluding tert-OH is 1. The maximum atomic E-state index is 9.47. The van der Waals surface area contributed by atoms with Crippen LogP contribution in [0.4, 0.5) is 0 Å². The van der Waals surface area contributed by atoms with Crippen LogP contribution in [0.2, 0.25) is 0 Å². The lowest BCUT2D eigenvalue weighted by molar-refractivity contribution is 0.170. The monoisotopic (exact) mass is 325 g/mol. The average Bonchev–Trinajstić information content (AvgIpc) is 2.59. The first-order valence-corrected chi connectivity index (χ1v) is 9.03. The van der Waals surface area contributed by atoms with Gasteiger partial charge in [0.2, 0.25) is 0 Å². The molecule has 2 aromatic rings. The fourth-order valence-corrected chi connectivity index (χ4v) is 3.51. The first-order chi connectivity index (χ1) is 11.5. The summed E-state index contributed by atoms with van der Waals surface area (Å²) in [6.45, 7) is 10.2. The molecule has 2 heteroatoms. The Balaban J connectivity index is 2.27. The maximum Gasteiger partial charge on any atom is 0.0681 e. The van der Waals surface area contributed by atoms with E-state index < -0.39 is 0 Å². The van der Waals surface area contributed by atoms with Crippen LogP contribution in [0.25, 0.3) is 0 Å². The number of benzene rings is 2. The zero-order valence-electron chi connectivity index (χ0n) is 15.4. The maximum absolute atomic E-state index is 9.47. The van der Waals surface area contributed by atoms with E-state index in [2.05, 4.69) is 81.1 Å². The molecule has 0 unspecified atom stereocenters. The van der Waals surface area contributed by atoms with Gasteiger partial charge in [-0.15, -0.1) is 0 Å². The summed E-state index contributed by atoms with van der Waals surface area (Å²) in [5.41, 5.74) is 3.62. The van der Waals surface area contributed by atoms with Gasteiger partial charge in [-0.05, 0) is 57.4 Å². The molecule has 0 aliphatic carbocycles. The molecule has 0 saturated carbocycles. The third-order valence-corrected chi connectivity index (χ3v) is 4.74. The smallest absolute Gasteiger partial charge is 0.0681 e. The van der Waals surface area contributed by atoms with Crippen molar-refractivity contribution < 1.29 is 5.11 Å². The van der Waals surface area contributed by atoms with E-state index in [0.717, 1.165) is 18.5 Å². The van der Waals surface area contributed by atoms with Crippen molar-refractivity contribution in [3.05, 3.63) is 71.3 Å². The molecular weight excluding hydrogens is 294 g/mol. The number of rotatable bonds is 8. The van der Waals surface area contributed by atoms with Crippen molar-refractivity contribution in [1.29, 1.82) is 0 Å². The SMILES string of the molecule is CC(C)N(CC[C@H](c1ccccc1)c1cccc(CO)c1)C(C)C. The molecule has 2 rings (SSSR count). The van der Waals surface area contributed by atoms with E-state index in [-0.39, 0.29) is 6.61 Å². The molecule has 2 aromatic carbocycles. The Hall–Kier alpha value is -1.64. The molecule has 0 aliphatic heterocycles. The quantitative estimate of drug-likeness (QED) is 0.752. The Morgan fingerprint density at radius 1 is 0.833 bits per heavy atom. The Morgan fingerprint density at radius 2 is 1.46 bits per heavy atom. The minimum absolute atomic E-state index is 0.0967. The lowest BCUT2D eigenvalue weighted by Crippen LogP contribution is -2.38.